The van der Waals surface area contributed by atoms with Gasteiger partial charge in [0, 0.05) is 43.4 Å². The van der Waals surface area contributed by atoms with Crippen LogP contribution in [0.4, 0.5) is 23.0 Å². The number of para-hydroxylation sites is 2. The Bertz CT molecular complexity index is 1690. The Hall–Kier alpha value is -4.91. The molecule has 0 atom stereocenters. The van der Waals surface area contributed by atoms with E-state index >= 15 is 0 Å². The Balaban J connectivity index is 1.47. The van der Waals surface area contributed by atoms with E-state index in [0.29, 0.717) is 53.4 Å². The maximum atomic E-state index is 12.8. The van der Waals surface area contributed by atoms with E-state index in [1.54, 1.807) is 59.5 Å². The van der Waals surface area contributed by atoms with Crippen molar-refractivity contribution in [2.75, 3.05) is 36.9 Å². The van der Waals surface area contributed by atoms with Crippen molar-refractivity contribution in [1.82, 2.24) is 14.9 Å². The van der Waals surface area contributed by atoms with Crippen molar-refractivity contribution in [3.05, 3.63) is 72.3 Å². The molecule has 2 heterocycles. The predicted molar refractivity (Wildman–Crippen MR) is 159 cm³/mol. The van der Waals surface area contributed by atoms with E-state index < -0.39 is 16.8 Å². The van der Waals surface area contributed by atoms with Crippen molar-refractivity contribution in [2.24, 2.45) is 11.7 Å². The van der Waals surface area contributed by atoms with Crippen LogP contribution in [0, 0.1) is 5.92 Å². The van der Waals surface area contributed by atoms with Gasteiger partial charge in [0.2, 0.25) is 22.7 Å². The number of nitrogens with one attached hydrogen (secondary N) is 1. The number of aromatic nitrogens is 2. The van der Waals surface area contributed by atoms with Crippen LogP contribution in [-0.2, 0) is 26.9 Å². The van der Waals surface area contributed by atoms with Gasteiger partial charge >= 0.3 is 0 Å². The molecule has 5 rings (SSSR count). The number of hydrogen-bond donors (Lipinski definition) is 3. The Morgan fingerprint density at radius 2 is 1.64 bits per heavy atom. The highest BCUT2D eigenvalue weighted by atomic mass is 32.2. The molecular formula is C29H30N6O6S. The van der Waals surface area contributed by atoms with Crippen LogP contribution in [0.2, 0.25) is 0 Å². The molecular weight excluding hydrogens is 560 g/mol. The molecule has 0 spiro atoms. The van der Waals surface area contributed by atoms with Crippen molar-refractivity contribution < 1.29 is 27.5 Å². The maximum absolute atomic E-state index is 12.8. The summed E-state index contributed by atoms with van der Waals surface area (Å²) in [5, 5.41) is 3.18. The summed E-state index contributed by atoms with van der Waals surface area (Å²) >= 11 is 0. The van der Waals surface area contributed by atoms with Crippen LogP contribution in [0.3, 0.4) is 0 Å². The standard InChI is InChI=1S/C29H30N6O6S/c1-40-22-13-20(14-23(15-22)41-2)31-28-29(33-25-9-4-3-8-24(25)32-28)35(42(38)39)21-7-5-6-18(12-21)10-11-26(36)34-16-19(17-34)27(30)37/h3-9,12-15,19,42H,10-11,16-17H2,1-2H3,(H2,30,37)(H,31,32). The normalized spacial score (nSPS) is 13.1. The van der Waals surface area contributed by atoms with Gasteiger partial charge in [-0.1, -0.05) is 24.3 Å². The number of thiol groups is 1. The molecule has 0 radical (unpaired) electrons. The minimum atomic E-state index is -3.21. The Labute approximate surface area is 244 Å². The number of carbonyl (C=O) groups is 2. The van der Waals surface area contributed by atoms with E-state index in [4.69, 9.17) is 20.2 Å². The number of nitrogens with two attached hydrogens (primary N) is 1. The fourth-order valence-corrected chi connectivity index (χ4v) is 5.25. The SMILES string of the molecule is COc1cc(Nc2nc3ccccc3nc2N(c2cccc(CCC(=O)N3CC(C(N)=O)C3)c2)[SH](=O)=O)cc(OC)c1. The lowest BCUT2D eigenvalue weighted by atomic mass is 9.98. The molecule has 0 aliphatic carbocycles. The number of carbonyl (C=O) groups excluding carboxylic acids is 2. The van der Waals surface area contributed by atoms with Crippen molar-refractivity contribution in [3.63, 3.8) is 0 Å². The van der Waals surface area contributed by atoms with Crippen molar-refractivity contribution in [1.29, 1.82) is 0 Å². The molecule has 1 aliphatic rings. The molecule has 1 fully saturated rings. The van der Waals surface area contributed by atoms with Gasteiger partial charge in [-0.3, -0.25) is 9.59 Å². The molecule has 2 amide bonds. The van der Waals surface area contributed by atoms with Gasteiger partial charge < -0.3 is 25.4 Å². The second kappa shape index (κ2) is 12.3. The van der Waals surface area contributed by atoms with E-state index in [2.05, 4.69) is 10.3 Å². The van der Waals surface area contributed by atoms with Gasteiger partial charge in [-0.2, -0.15) is 0 Å². The van der Waals surface area contributed by atoms with Gasteiger partial charge in [-0.15, -0.1) is 0 Å². The van der Waals surface area contributed by atoms with Gasteiger partial charge in [0.1, 0.15) is 11.5 Å². The monoisotopic (exact) mass is 590 g/mol. The average molecular weight is 591 g/mol. The predicted octanol–water partition coefficient (Wildman–Crippen LogP) is 2.93. The van der Waals surface area contributed by atoms with Crippen LogP contribution < -0.4 is 24.8 Å². The first kappa shape index (κ1) is 28.6. The number of amides is 2. The molecule has 218 valence electrons. The van der Waals surface area contributed by atoms with E-state index in [1.807, 2.05) is 12.1 Å². The number of nitrogens with zero attached hydrogens (tertiary/aromatic N) is 4. The van der Waals surface area contributed by atoms with Gasteiger partial charge in [-0.25, -0.2) is 22.7 Å². The topological polar surface area (TPSA) is 157 Å². The maximum Gasteiger partial charge on any atom is 0.230 e. The highest BCUT2D eigenvalue weighted by Crippen LogP contribution is 2.35. The minimum Gasteiger partial charge on any atom is -0.497 e. The Morgan fingerprint density at radius 1 is 0.976 bits per heavy atom. The third-order valence-electron chi connectivity index (χ3n) is 6.95. The highest BCUT2D eigenvalue weighted by molar-refractivity contribution is 7.74. The van der Waals surface area contributed by atoms with Crippen LogP contribution in [0.1, 0.15) is 12.0 Å². The Morgan fingerprint density at radius 3 is 2.26 bits per heavy atom. The molecule has 42 heavy (non-hydrogen) atoms. The van der Waals surface area contributed by atoms with Gasteiger partial charge in [0.05, 0.1) is 36.9 Å². The molecule has 3 aromatic carbocycles. The van der Waals surface area contributed by atoms with E-state index in [9.17, 15) is 18.0 Å². The van der Waals surface area contributed by atoms with Crippen LogP contribution in [0.25, 0.3) is 11.0 Å². The van der Waals surface area contributed by atoms with Crippen molar-refractivity contribution in [2.45, 2.75) is 12.8 Å². The molecule has 1 aliphatic heterocycles. The molecule has 0 unspecified atom stereocenters. The Kier molecular flexibility index (Phi) is 8.38. The molecule has 0 bridgehead atoms. The first-order chi connectivity index (χ1) is 20.2. The van der Waals surface area contributed by atoms with Gasteiger partial charge in [-0.05, 0) is 36.2 Å². The fourth-order valence-electron chi connectivity index (χ4n) is 4.65. The summed E-state index contributed by atoms with van der Waals surface area (Å²) in [5.74, 6) is 0.528. The number of aryl methyl sites for hydroxylation is 1. The van der Waals surface area contributed by atoms with Crippen LogP contribution in [0.5, 0.6) is 11.5 Å². The van der Waals surface area contributed by atoms with Crippen molar-refractivity contribution >= 4 is 56.7 Å². The zero-order chi connectivity index (χ0) is 29.8. The lowest BCUT2D eigenvalue weighted by Crippen LogP contribution is -2.54. The first-order valence-electron chi connectivity index (χ1n) is 13.1. The molecule has 4 aromatic rings. The smallest absolute Gasteiger partial charge is 0.230 e. The fraction of sp³-hybridized carbons (Fsp3) is 0.241. The van der Waals surface area contributed by atoms with Crippen LogP contribution in [0.15, 0.2) is 66.7 Å². The number of ether oxygens (including phenoxy) is 2. The number of likely N-dealkylation sites (tertiary alicyclic amines) is 1. The third-order valence-corrected chi connectivity index (χ3v) is 7.70. The largest absolute Gasteiger partial charge is 0.497 e. The number of primary amides is 1. The molecule has 13 heteroatoms. The second-order valence-electron chi connectivity index (χ2n) is 9.73. The number of fused-ring (bicyclic) bond motifs is 1. The summed E-state index contributed by atoms with van der Waals surface area (Å²) in [4.78, 5) is 34.8. The van der Waals surface area contributed by atoms with Gasteiger partial charge in [0.25, 0.3) is 0 Å². The lowest BCUT2D eigenvalue weighted by molar-refractivity contribution is -0.141. The molecule has 12 nitrogen and oxygen atoms in total. The van der Waals surface area contributed by atoms with Crippen molar-refractivity contribution in [3.8, 4) is 11.5 Å². The van der Waals surface area contributed by atoms with E-state index in [-0.39, 0.29) is 29.9 Å². The van der Waals surface area contributed by atoms with Crippen LogP contribution in [-0.4, -0.2) is 62.4 Å². The van der Waals surface area contributed by atoms with E-state index in [0.717, 1.165) is 9.87 Å². The lowest BCUT2D eigenvalue weighted by Gasteiger charge is -2.37. The molecule has 1 saturated heterocycles. The molecule has 0 saturated carbocycles. The zero-order valence-corrected chi connectivity index (χ0v) is 23.9. The summed E-state index contributed by atoms with van der Waals surface area (Å²) in [6.45, 7) is 0.655. The number of methoxy groups -OCH3 is 2. The highest BCUT2D eigenvalue weighted by Gasteiger charge is 2.33. The first-order valence-corrected chi connectivity index (χ1v) is 14.3. The summed E-state index contributed by atoms with van der Waals surface area (Å²) in [6, 6.07) is 19.2. The number of benzene rings is 3. The summed E-state index contributed by atoms with van der Waals surface area (Å²) in [7, 11) is -0.141. The number of anilines is 4. The summed E-state index contributed by atoms with van der Waals surface area (Å²) in [6.07, 6.45) is 0.588. The molecule has 3 N–H and O–H groups in total. The summed E-state index contributed by atoms with van der Waals surface area (Å²) in [5.41, 5.74) is 8.02. The second-order valence-corrected chi connectivity index (χ2v) is 10.6. The number of rotatable bonds is 11. The minimum absolute atomic E-state index is 0.0675. The molecule has 1 aromatic heterocycles. The van der Waals surface area contributed by atoms with Gasteiger partial charge in [0.15, 0.2) is 11.6 Å². The van der Waals surface area contributed by atoms with Crippen LogP contribution >= 0.6 is 0 Å². The number of hydrogen-bond acceptors (Lipinski definition) is 9. The average Bonchev–Trinajstić information content (AvgIpc) is 2.95. The third kappa shape index (κ3) is 6.20. The van der Waals surface area contributed by atoms with E-state index in [1.165, 1.54) is 14.2 Å². The zero-order valence-electron chi connectivity index (χ0n) is 23.0. The quantitative estimate of drug-likeness (QED) is 0.223. The summed E-state index contributed by atoms with van der Waals surface area (Å²) < 4.78 is 37.4.